The zero-order valence-corrected chi connectivity index (χ0v) is 20.0. The third kappa shape index (κ3) is 4.13. The Balaban J connectivity index is 1.48. The highest BCUT2D eigenvalue weighted by atomic mass is 32.2. The number of nitro benzene ring substituents is 1. The van der Waals surface area contributed by atoms with Crippen molar-refractivity contribution < 1.29 is 14.1 Å². The highest BCUT2D eigenvalue weighted by molar-refractivity contribution is 8.14. The van der Waals surface area contributed by atoms with Crippen LogP contribution in [0.5, 0.6) is 0 Å². The van der Waals surface area contributed by atoms with E-state index in [1.807, 2.05) is 0 Å². The predicted octanol–water partition coefficient (Wildman–Crippen LogP) is 5.20. The molecule has 4 aliphatic carbocycles. The van der Waals surface area contributed by atoms with Gasteiger partial charge < -0.3 is 4.90 Å². The van der Waals surface area contributed by atoms with E-state index in [1.54, 1.807) is 11.8 Å². The van der Waals surface area contributed by atoms with E-state index in [4.69, 9.17) is 4.99 Å². The minimum atomic E-state index is -0.635. The van der Waals surface area contributed by atoms with Crippen LogP contribution >= 0.6 is 11.8 Å². The van der Waals surface area contributed by atoms with Gasteiger partial charge in [-0.25, -0.2) is 4.39 Å². The molecule has 1 unspecified atom stereocenters. The molecule has 178 valence electrons. The number of rotatable bonds is 6. The highest BCUT2D eigenvalue weighted by Crippen LogP contribution is 2.57. The number of carbonyl (C=O) groups is 1. The number of nitrogens with zero attached hydrogens (tertiary/aromatic N) is 4. The van der Waals surface area contributed by atoms with Gasteiger partial charge in [0.05, 0.1) is 16.1 Å². The number of nitro groups is 1. The molecule has 1 aromatic rings. The van der Waals surface area contributed by atoms with Gasteiger partial charge in [-0.15, -0.1) is 0 Å². The average molecular weight is 475 g/mol. The third-order valence-corrected chi connectivity index (χ3v) is 8.86. The fourth-order valence-electron chi connectivity index (χ4n) is 6.99. The summed E-state index contributed by atoms with van der Waals surface area (Å²) in [5, 5.41) is 12.2. The second kappa shape index (κ2) is 8.56. The molecule has 6 rings (SSSR count). The summed E-state index contributed by atoms with van der Waals surface area (Å²) >= 11 is 1.63. The van der Waals surface area contributed by atoms with Crippen molar-refractivity contribution in [2.45, 2.75) is 70.5 Å². The largest absolute Gasteiger partial charge is 0.330 e. The van der Waals surface area contributed by atoms with Crippen LogP contribution in [0.1, 0.15) is 58.8 Å². The van der Waals surface area contributed by atoms with Gasteiger partial charge in [0.25, 0.3) is 5.69 Å². The lowest BCUT2D eigenvalue weighted by atomic mass is 9.53. The van der Waals surface area contributed by atoms with Gasteiger partial charge in [-0.05, 0) is 68.8 Å². The number of benzene rings is 1. The van der Waals surface area contributed by atoms with Crippen LogP contribution < -0.4 is 4.90 Å². The van der Waals surface area contributed by atoms with Crippen molar-refractivity contribution in [3.63, 3.8) is 0 Å². The zero-order chi connectivity index (χ0) is 23.3. The molecule has 1 amide bonds. The Labute approximate surface area is 197 Å². The number of aliphatic imine (C=N–C) groups is 1. The Morgan fingerprint density at radius 2 is 1.91 bits per heavy atom. The quantitative estimate of drug-likeness (QED) is 0.418. The molecule has 4 bridgehead atoms. The Morgan fingerprint density at radius 1 is 1.27 bits per heavy atom. The molecule has 0 spiro atoms. The molecular weight excluding hydrogens is 443 g/mol. The molecule has 1 atom stereocenters. The lowest BCUT2D eigenvalue weighted by Gasteiger charge is -2.55. The zero-order valence-electron chi connectivity index (χ0n) is 19.2. The van der Waals surface area contributed by atoms with E-state index in [1.165, 1.54) is 37.2 Å². The first-order chi connectivity index (χ1) is 15.8. The number of thioether (sulfide) groups is 1. The summed E-state index contributed by atoms with van der Waals surface area (Å²) in [4.78, 5) is 32.4. The van der Waals surface area contributed by atoms with E-state index in [0.717, 1.165) is 60.7 Å². The Bertz CT molecular complexity index is 965. The van der Waals surface area contributed by atoms with Crippen LogP contribution in [0, 0.1) is 33.7 Å². The van der Waals surface area contributed by atoms with Gasteiger partial charge in [-0.3, -0.25) is 24.8 Å². The van der Waals surface area contributed by atoms with Gasteiger partial charge in [0, 0.05) is 31.4 Å². The maximum absolute atomic E-state index is 14.8. The first kappa shape index (κ1) is 22.6. The van der Waals surface area contributed by atoms with Crippen molar-refractivity contribution in [1.29, 1.82) is 0 Å². The minimum absolute atomic E-state index is 0.00972. The summed E-state index contributed by atoms with van der Waals surface area (Å²) in [6.07, 6.45) is 7.96. The minimum Gasteiger partial charge on any atom is -0.330 e. The number of anilines is 1. The van der Waals surface area contributed by atoms with Crippen LogP contribution in [-0.2, 0) is 4.79 Å². The van der Waals surface area contributed by atoms with Crippen LogP contribution in [0.15, 0.2) is 23.2 Å². The first-order valence-corrected chi connectivity index (χ1v) is 13.0. The van der Waals surface area contributed by atoms with Crippen LogP contribution in [0.2, 0.25) is 0 Å². The fraction of sp³-hybridized carbons (Fsp3) is 0.667. The number of halogens is 1. The Morgan fingerprint density at radius 3 is 2.45 bits per heavy atom. The second-order valence-electron chi connectivity index (χ2n) is 10.3. The first-order valence-electron chi connectivity index (χ1n) is 12.0. The van der Waals surface area contributed by atoms with Crippen LogP contribution in [0.4, 0.5) is 15.8 Å². The number of hydrogen-bond acceptors (Lipinski definition) is 5. The molecule has 0 radical (unpaired) electrons. The van der Waals surface area contributed by atoms with E-state index < -0.39 is 16.9 Å². The van der Waals surface area contributed by atoms with E-state index in [0.29, 0.717) is 12.3 Å². The molecule has 33 heavy (non-hydrogen) atoms. The van der Waals surface area contributed by atoms with Crippen LogP contribution in [0.25, 0.3) is 0 Å². The lowest BCUT2D eigenvalue weighted by molar-refractivity contribution is -0.384. The summed E-state index contributed by atoms with van der Waals surface area (Å²) in [6.45, 7) is 4.17. The van der Waals surface area contributed by atoms with Gasteiger partial charge in [-0.1, -0.05) is 18.7 Å². The van der Waals surface area contributed by atoms with Gasteiger partial charge in [-0.2, -0.15) is 0 Å². The highest BCUT2D eigenvalue weighted by Gasteiger charge is 2.52. The Kier molecular flexibility index (Phi) is 5.87. The molecule has 5 aliphatic rings. The van der Waals surface area contributed by atoms with Crippen molar-refractivity contribution >= 4 is 34.2 Å². The van der Waals surface area contributed by atoms with E-state index in [-0.39, 0.29) is 22.8 Å². The van der Waals surface area contributed by atoms with Crippen molar-refractivity contribution in [1.82, 2.24) is 4.90 Å². The second-order valence-corrected chi connectivity index (χ2v) is 11.3. The molecule has 9 heteroatoms. The molecular formula is C24H31FN4O3S. The SMILES string of the molecule is CCCN1C(=NC23CC4CC(CC(C4)C2)C3)SCC1N(C(C)=O)c1cc([N+](=O)[O-])ccc1F. The third-order valence-electron chi connectivity index (χ3n) is 7.81. The molecule has 7 nitrogen and oxygen atoms in total. The van der Waals surface area contributed by atoms with Crippen molar-refractivity contribution in [2.24, 2.45) is 22.7 Å². The Hall–Kier alpha value is -2.16. The number of non-ortho nitro benzene ring substituents is 1. The van der Waals surface area contributed by atoms with Gasteiger partial charge >= 0.3 is 0 Å². The normalized spacial score (nSPS) is 33.7. The summed E-state index contributed by atoms with van der Waals surface area (Å²) in [6, 6.07) is 3.37. The summed E-state index contributed by atoms with van der Waals surface area (Å²) in [5.74, 6) is 1.95. The van der Waals surface area contributed by atoms with Gasteiger partial charge in [0.2, 0.25) is 5.91 Å². The van der Waals surface area contributed by atoms with E-state index in [2.05, 4.69) is 11.8 Å². The molecule has 1 heterocycles. The summed E-state index contributed by atoms with van der Waals surface area (Å²) < 4.78 is 14.8. The van der Waals surface area contributed by atoms with E-state index in [9.17, 15) is 19.3 Å². The monoisotopic (exact) mass is 474 g/mol. The standard InChI is InChI=1S/C24H31FN4O3S/c1-3-6-27-22(28(15(2)30)21-10-19(29(31)32)4-5-20(21)25)14-33-23(27)26-24-11-16-7-17(12-24)9-18(8-16)13-24/h4-5,10,16-18,22H,3,6-9,11-14H2,1-2H3. The van der Waals surface area contributed by atoms with Crippen molar-refractivity contribution in [3.05, 3.63) is 34.1 Å². The van der Waals surface area contributed by atoms with E-state index >= 15 is 0 Å². The molecule has 0 aromatic heterocycles. The number of amides is 1. The maximum atomic E-state index is 14.8. The fourth-order valence-corrected chi connectivity index (χ4v) is 8.25. The van der Waals surface area contributed by atoms with Crippen LogP contribution in [0.3, 0.4) is 0 Å². The smallest absolute Gasteiger partial charge is 0.271 e. The maximum Gasteiger partial charge on any atom is 0.271 e. The molecule has 4 saturated carbocycles. The predicted molar refractivity (Wildman–Crippen MR) is 128 cm³/mol. The van der Waals surface area contributed by atoms with Crippen LogP contribution in [-0.4, -0.2) is 44.9 Å². The average Bonchev–Trinajstić information content (AvgIpc) is 3.09. The van der Waals surface area contributed by atoms with Gasteiger partial charge in [0.15, 0.2) is 5.17 Å². The summed E-state index contributed by atoms with van der Waals surface area (Å²) in [5.41, 5.74) is -0.261. The van der Waals surface area contributed by atoms with Crippen molar-refractivity contribution in [3.8, 4) is 0 Å². The number of hydrogen-bond donors (Lipinski definition) is 0. The molecule has 1 aromatic carbocycles. The summed E-state index contributed by atoms with van der Waals surface area (Å²) in [7, 11) is 0. The molecule has 1 saturated heterocycles. The van der Waals surface area contributed by atoms with Crippen molar-refractivity contribution in [2.75, 3.05) is 17.2 Å². The van der Waals surface area contributed by atoms with Gasteiger partial charge in [0.1, 0.15) is 12.0 Å². The number of carbonyl (C=O) groups excluding carboxylic acids is 1. The molecule has 1 aliphatic heterocycles. The number of amidine groups is 1. The molecule has 0 N–H and O–H groups in total. The topological polar surface area (TPSA) is 79.0 Å². The molecule has 5 fully saturated rings. The lowest BCUT2D eigenvalue weighted by Crippen LogP contribution is -2.52.